The third-order valence-corrected chi connectivity index (χ3v) is 5.83. The van der Waals surface area contributed by atoms with E-state index in [9.17, 15) is 0 Å². The number of para-hydroxylation sites is 1. The third-order valence-electron chi connectivity index (χ3n) is 4.99. The Kier molecular flexibility index (Phi) is 5.41. The van der Waals surface area contributed by atoms with Gasteiger partial charge in [-0.15, -0.1) is 0 Å². The summed E-state index contributed by atoms with van der Waals surface area (Å²) in [5, 5.41) is 5.88. The first-order chi connectivity index (χ1) is 12.8. The maximum Gasteiger partial charge on any atom is 0.0705 e. The zero-order valence-corrected chi connectivity index (χ0v) is 16.0. The highest BCUT2D eigenvalue weighted by atomic mass is 35.5. The van der Waals surface area contributed by atoms with Crippen molar-refractivity contribution in [2.75, 3.05) is 26.2 Å². The van der Waals surface area contributed by atoms with Gasteiger partial charge in [-0.25, -0.2) is 0 Å². The molecule has 1 N–H and O–H groups in total. The molecule has 0 aliphatic carbocycles. The quantitative estimate of drug-likeness (QED) is 0.692. The molecular formula is C21H21Cl2N3. The van der Waals surface area contributed by atoms with Crippen LogP contribution in [0.3, 0.4) is 0 Å². The van der Waals surface area contributed by atoms with Crippen LogP contribution in [0.25, 0.3) is 10.9 Å². The van der Waals surface area contributed by atoms with E-state index in [1.165, 1.54) is 5.56 Å². The van der Waals surface area contributed by atoms with Crippen LogP contribution >= 0.6 is 23.2 Å². The Labute approximate surface area is 163 Å². The normalized spacial score (nSPS) is 17.2. The van der Waals surface area contributed by atoms with Gasteiger partial charge in [0.1, 0.15) is 0 Å². The number of nitrogens with one attached hydrogen (secondary N) is 1. The number of rotatable bonds is 3. The van der Waals surface area contributed by atoms with Crippen LogP contribution in [0.5, 0.6) is 0 Å². The molecule has 3 aromatic rings. The highest BCUT2D eigenvalue weighted by Crippen LogP contribution is 2.39. The largest absolute Gasteiger partial charge is 0.315 e. The Bertz CT molecular complexity index is 899. The monoisotopic (exact) mass is 385 g/mol. The van der Waals surface area contributed by atoms with Crippen LogP contribution in [0.4, 0.5) is 0 Å². The zero-order valence-electron chi connectivity index (χ0n) is 14.5. The number of hydrogen-bond donors (Lipinski definition) is 1. The van der Waals surface area contributed by atoms with Crippen molar-refractivity contribution in [3.05, 3.63) is 75.9 Å². The molecule has 26 heavy (non-hydrogen) atoms. The topological polar surface area (TPSA) is 28.2 Å². The number of nitrogens with zero attached hydrogens (tertiary/aromatic N) is 2. The highest BCUT2D eigenvalue weighted by molar-refractivity contribution is 6.42. The average molecular weight is 386 g/mol. The minimum atomic E-state index is 0.0500. The molecule has 1 aliphatic rings. The van der Waals surface area contributed by atoms with Crippen molar-refractivity contribution in [1.82, 2.24) is 15.2 Å². The smallest absolute Gasteiger partial charge is 0.0705 e. The zero-order chi connectivity index (χ0) is 17.9. The van der Waals surface area contributed by atoms with E-state index in [0.29, 0.717) is 10.0 Å². The Morgan fingerprint density at radius 2 is 1.81 bits per heavy atom. The Hall–Kier alpha value is -1.65. The molecule has 1 fully saturated rings. The summed E-state index contributed by atoms with van der Waals surface area (Å²) in [4.78, 5) is 7.03. The predicted molar refractivity (Wildman–Crippen MR) is 109 cm³/mol. The van der Waals surface area contributed by atoms with Gasteiger partial charge in [0.15, 0.2) is 0 Å². The number of benzene rings is 2. The lowest BCUT2D eigenvalue weighted by atomic mass is 9.94. The van der Waals surface area contributed by atoms with Crippen molar-refractivity contribution in [3.8, 4) is 0 Å². The second-order valence-corrected chi connectivity index (χ2v) is 7.39. The lowest BCUT2D eigenvalue weighted by Gasteiger charge is -2.32. The molecule has 0 bridgehead atoms. The van der Waals surface area contributed by atoms with E-state index in [2.05, 4.69) is 45.5 Å². The van der Waals surface area contributed by atoms with Crippen LogP contribution in [0.15, 0.2) is 54.7 Å². The molecule has 3 nitrogen and oxygen atoms in total. The molecule has 0 spiro atoms. The molecule has 134 valence electrons. The van der Waals surface area contributed by atoms with Crippen molar-refractivity contribution in [1.29, 1.82) is 0 Å². The Morgan fingerprint density at radius 1 is 0.923 bits per heavy atom. The molecule has 0 saturated carbocycles. The molecular weight excluding hydrogens is 365 g/mol. The fourth-order valence-corrected chi connectivity index (χ4v) is 4.18. The van der Waals surface area contributed by atoms with Crippen LogP contribution in [0, 0.1) is 0 Å². The molecule has 5 heteroatoms. The summed E-state index contributed by atoms with van der Waals surface area (Å²) in [7, 11) is 0. The van der Waals surface area contributed by atoms with E-state index in [1.54, 1.807) is 0 Å². The van der Waals surface area contributed by atoms with Crippen LogP contribution < -0.4 is 5.32 Å². The minimum absolute atomic E-state index is 0.0500. The number of fused-ring (bicyclic) bond motifs is 1. The van der Waals surface area contributed by atoms with Crippen molar-refractivity contribution >= 4 is 34.1 Å². The summed E-state index contributed by atoms with van der Waals surface area (Å²) in [6, 6.07) is 16.4. The summed E-state index contributed by atoms with van der Waals surface area (Å²) in [5.74, 6) is 0. The molecule has 1 aliphatic heterocycles. The van der Waals surface area contributed by atoms with Gasteiger partial charge in [-0.3, -0.25) is 9.88 Å². The van der Waals surface area contributed by atoms with Gasteiger partial charge in [-0.2, -0.15) is 0 Å². The van der Waals surface area contributed by atoms with Crippen LogP contribution in [-0.2, 0) is 0 Å². The van der Waals surface area contributed by atoms with Crippen LogP contribution in [0.1, 0.15) is 23.6 Å². The molecule has 1 aromatic heterocycles. The first-order valence-corrected chi connectivity index (χ1v) is 9.73. The molecule has 0 radical (unpaired) electrons. The number of halogens is 2. The fourth-order valence-electron chi connectivity index (χ4n) is 3.77. The summed E-state index contributed by atoms with van der Waals surface area (Å²) in [5.41, 5.74) is 3.28. The average Bonchev–Trinajstić information content (AvgIpc) is 2.95. The summed E-state index contributed by atoms with van der Waals surface area (Å²) < 4.78 is 0. The molecule has 0 amide bonds. The van der Waals surface area contributed by atoms with E-state index in [4.69, 9.17) is 23.2 Å². The van der Waals surface area contributed by atoms with Gasteiger partial charge in [0, 0.05) is 31.2 Å². The fraction of sp³-hybridized carbons (Fsp3) is 0.286. The van der Waals surface area contributed by atoms with Gasteiger partial charge in [-0.1, -0.05) is 53.5 Å². The SMILES string of the molecule is Clc1cccc(C(c2ccnc3ccccc23)N2CCCNCC2)c1Cl. The van der Waals surface area contributed by atoms with Gasteiger partial charge < -0.3 is 5.32 Å². The molecule has 1 atom stereocenters. The number of hydrogen-bond acceptors (Lipinski definition) is 3. The van der Waals surface area contributed by atoms with E-state index in [1.807, 2.05) is 24.4 Å². The van der Waals surface area contributed by atoms with E-state index in [0.717, 1.165) is 49.1 Å². The number of aromatic nitrogens is 1. The molecule has 4 rings (SSSR count). The Balaban J connectivity index is 1.91. The third kappa shape index (κ3) is 3.45. The van der Waals surface area contributed by atoms with E-state index >= 15 is 0 Å². The molecule has 1 unspecified atom stereocenters. The van der Waals surface area contributed by atoms with Gasteiger partial charge in [0.05, 0.1) is 21.6 Å². The summed E-state index contributed by atoms with van der Waals surface area (Å²) >= 11 is 13.0. The molecule has 2 heterocycles. The second-order valence-electron chi connectivity index (χ2n) is 6.60. The predicted octanol–water partition coefficient (Wildman–Crippen LogP) is 4.93. The Morgan fingerprint density at radius 3 is 2.73 bits per heavy atom. The van der Waals surface area contributed by atoms with Crippen molar-refractivity contribution < 1.29 is 0 Å². The standard InChI is InChI=1S/C21H21Cl2N3/c22-18-7-3-6-17(20(18)23)21(26-13-4-10-24-12-14-26)16-9-11-25-19-8-2-1-5-15(16)19/h1-3,5-9,11,21,24H,4,10,12-14H2. The van der Waals surface area contributed by atoms with Crippen LogP contribution in [-0.4, -0.2) is 36.1 Å². The van der Waals surface area contributed by atoms with E-state index < -0.39 is 0 Å². The van der Waals surface area contributed by atoms with Gasteiger partial charge >= 0.3 is 0 Å². The minimum Gasteiger partial charge on any atom is -0.315 e. The van der Waals surface area contributed by atoms with Gasteiger partial charge in [0.25, 0.3) is 0 Å². The lowest BCUT2D eigenvalue weighted by Crippen LogP contribution is -2.33. The summed E-state index contributed by atoms with van der Waals surface area (Å²) in [6.45, 7) is 3.99. The first kappa shape index (κ1) is 17.7. The highest BCUT2D eigenvalue weighted by Gasteiger charge is 2.27. The van der Waals surface area contributed by atoms with Gasteiger partial charge in [0.2, 0.25) is 0 Å². The first-order valence-electron chi connectivity index (χ1n) is 8.98. The second kappa shape index (κ2) is 7.93. The molecule has 2 aromatic carbocycles. The maximum absolute atomic E-state index is 6.66. The van der Waals surface area contributed by atoms with E-state index in [-0.39, 0.29) is 6.04 Å². The molecule has 1 saturated heterocycles. The van der Waals surface area contributed by atoms with Crippen molar-refractivity contribution in [2.45, 2.75) is 12.5 Å². The lowest BCUT2D eigenvalue weighted by molar-refractivity contribution is 0.242. The van der Waals surface area contributed by atoms with Crippen LogP contribution in [0.2, 0.25) is 10.0 Å². The van der Waals surface area contributed by atoms with Gasteiger partial charge in [-0.05, 0) is 42.3 Å². The van der Waals surface area contributed by atoms with Crippen molar-refractivity contribution in [2.24, 2.45) is 0 Å². The maximum atomic E-state index is 6.66. The number of pyridine rings is 1. The summed E-state index contributed by atoms with van der Waals surface area (Å²) in [6.07, 6.45) is 3.00. The van der Waals surface area contributed by atoms with Crippen molar-refractivity contribution in [3.63, 3.8) is 0 Å².